The van der Waals surface area contributed by atoms with Crippen molar-refractivity contribution in [3.05, 3.63) is 122 Å². The number of aryl methyl sites for hydroxylation is 1. The topological polar surface area (TPSA) is 106 Å². The third kappa shape index (κ3) is 7.11. The van der Waals surface area contributed by atoms with Gasteiger partial charge in [0.05, 0.1) is 18.3 Å². The Balaban J connectivity index is 1.23. The largest absolute Gasteiger partial charge is 0.497 e. The predicted octanol–water partition coefficient (Wildman–Crippen LogP) is 7.87. The monoisotopic (exact) mass is 675 g/mol. The Bertz CT molecular complexity index is 1870. The van der Waals surface area contributed by atoms with Crippen molar-refractivity contribution in [2.45, 2.75) is 6.92 Å². The normalized spacial score (nSPS) is 11.0. The lowest BCUT2D eigenvalue weighted by Crippen LogP contribution is -2.18. The van der Waals surface area contributed by atoms with Gasteiger partial charge in [-0.3, -0.25) is 9.59 Å². The molecule has 0 saturated carbocycles. The van der Waals surface area contributed by atoms with Crippen LogP contribution in [0, 0.1) is 6.92 Å². The van der Waals surface area contributed by atoms with Crippen molar-refractivity contribution in [2.24, 2.45) is 5.10 Å². The van der Waals surface area contributed by atoms with Crippen molar-refractivity contribution < 1.29 is 23.9 Å². The Hall–Kier alpha value is -4.51. The standard InChI is InChI=1S/C32H23BrClN3O5S/c1-18-3-13-25-27(15-18)43-29(28(25)34)32(40)42-26-14-8-22(33)16-21(26)17-35-37-31(39)20-4-9-23(10-5-20)36-30(38)19-6-11-24(41-2)12-7-19/h3-17H,1-2H3,(H,36,38)(H,37,39)/b35-17-. The van der Waals surface area contributed by atoms with Crippen LogP contribution in [0.15, 0.2) is 94.5 Å². The molecule has 0 atom stereocenters. The van der Waals surface area contributed by atoms with E-state index in [2.05, 4.69) is 31.8 Å². The number of esters is 1. The molecular formula is C32H23BrClN3O5S. The Morgan fingerprint density at radius 1 is 0.907 bits per heavy atom. The highest BCUT2D eigenvalue weighted by molar-refractivity contribution is 9.10. The Morgan fingerprint density at radius 2 is 1.60 bits per heavy atom. The summed E-state index contributed by atoms with van der Waals surface area (Å²) in [5, 5.41) is 7.96. The summed E-state index contributed by atoms with van der Waals surface area (Å²) in [6.07, 6.45) is 1.38. The van der Waals surface area contributed by atoms with Gasteiger partial charge in [0.25, 0.3) is 11.8 Å². The lowest BCUT2D eigenvalue weighted by molar-refractivity contribution is 0.0739. The lowest BCUT2D eigenvalue weighted by Gasteiger charge is -2.08. The highest BCUT2D eigenvalue weighted by atomic mass is 79.9. The Morgan fingerprint density at radius 3 is 2.33 bits per heavy atom. The number of thiophene rings is 1. The van der Waals surface area contributed by atoms with Crippen LogP contribution in [0.3, 0.4) is 0 Å². The van der Waals surface area contributed by atoms with Gasteiger partial charge in [-0.05, 0) is 85.3 Å². The summed E-state index contributed by atoms with van der Waals surface area (Å²) >= 11 is 11.2. The molecule has 43 heavy (non-hydrogen) atoms. The minimum atomic E-state index is -0.593. The summed E-state index contributed by atoms with van der Waals surface area (Å²) in [6, 6.07) is 23.9. The number of anilines is 1. The van der Waals surface area contributed by atoms with E-state index >= 15 is 0 Å². The molecule has 0 radical (unpaired) electrons. The van der Waals surface area contributed by atoms with Gasteiger partial charge in [0.15, 0.2) is 0 Å². The van der Waals surface area contributed by atoms with E-state index in [0.29, 0.717) is 38.0 Å². The summed E-state index contributed by atoms with van der Waals surface area (Å²) in [5.74, 6) is -0.458. The molecule has 0 bridgehead atoms. The summed E-state index contributed by atoms with van der Waals surface area (Å²) in [6.45, 7) is 1.97. The molecule has 5 aromatic rings. The van der Waals surface area contributed by atoms with Crippen LogP contribution in [0.25, 0.3) is 10.1 Å². The molecule has 11 heteroatoms. The number of nitrogens with zero attached hydrogens (tertiary/aromatic N) is 1. The summed E-state index contributed by atoms with van der Waals surface area (Å²) in [4.78, 5) is 38.5. The first kappa shape index (κ1) is 30.0. The van der Waals surface area contributed by atoms with Crippen molar-refractivity contribution in [1.82, 2.24) is 5.43 Å². The molecule has 1 heterocycles. The number of fused-ring (bicyclic) bond motifs is 1. The van der Waals surface area contributed by atoms with E-state index < -0.39 is 11.9 Å². The van der Waals surface area contributed by atoms with E-state index in [1.165, 1.54) is 17.6 Å². The zero-order valence-corrected chi connectivity index (χ0v) is 26.0. The number of carbonyl (C=O) groups is 3. The van der Waals surface area contributed by atoms with E-state index in [4.69, 9.17) is 21.1 Å². The van der Waals surface area contributed by atoms with E-state index in [1.807, 2.05) is 25.1 Å². The van der Waals surface area contributed by atoms with Gasteiger partial charge in [0.2, 0.25) is 0 Å². The van der Waals surface area contributed by atoms with E-state index in [0.717, 1.165) is 20.1 Å². The first-order valence-corrected chi connectivity index (χ1v) is 14.8. The maximum Gasteiger partial charge on any atom is 0.355 e. The molecule has 2 N–H and O–H groups in total. The molecule has 0 unspecified atom stereocenters. The van der Waals surface area contributed by atoms with Crippen molar-refractivity contribution in [3.8, 4) is 11.5 Å². The van der Waals surface area contributed by atoms with E-state index in [1.54, 1.807) is 73.8 Å². The number of methoxy groups -OCH3 is 1. The average molecular weight is 677 g/mol. The highest BCUT2D eigenvalue weighted by Crippen LogP contribution is 2.37. The van der Waals surface area contributed by atoms with Gasteiger partial charge < -0.3 is 14.8 Å². The second kappa shape index (κ2) is 13.2. The molecule has 0 aliphatic rings. The number of carbonyl (C=O) groups excluding carboxylic acids is 3. The fourth-order valence-corrected chi connectivity index (χ4v) is 5.90. The molecule has 0 aliphatic carbocycles. The molecule has 1 aromatic heterocycles. The molecule has 5 rings (SSSR count). The first-order valence-electron chi connectivity index (χ1n) is 12.8. The zero-order valence-electron chi connectivity index (χ0n) is 22.8. The van der Waals surface area contributed by atoms with Crippen LogP contribution in [0.4, 0.5) is 5.69 Å². The third-order valence-corrected chi connectivity index (χ3v) is 8.40. The van der Waals surface area contributed by atoms with E-state index in [9.17, 15) is 14.4 Å². The summed E-state index contributed by atoms with van der Waals surface area (Å²) < 4.78 is 12.4. The van der Waals surface area contributed by atoms with Crippen LogP contribution in [0.1, 0.15) is 41.5 Å². The number of hydrazone groups is 1. The average Bonchev–Trinajstić information content (AvgIpc) is 3.33. The number of halogens is 2. The summed E-state index contributed by atoms with van der Waals surface area (Å²) in [7, 11) is 1.55. The van der Waals surface area contributed by atoms with Gasteiger partial charge in [-0.15, -0.1) is 11.3 Å². The van der Waals surface area contributed by atoms with Crippen LogP contribution in [0.2, 0.25) is 5.02 Å². The maximum absolute atomic E-state index is 13.0. The maximum atomic E-state index is 13.0. The molecule has 8 nitrogen and oxygen atoms in total. The highest BCUT2D eigenvalue weighted by Gasteiger charge is 2.20. The fourth-order valence-electron chi connectivity index (χ4n) is 4.04. The number of nitrogens with one attached hydrogen (secondary N) is 2. The second-order valence-corrected chi connectivity index (χ2v) is 11.6. The van der Waals surface area contributed by atoms with Gasteiger partial charge in [-0.1, -0.05) is 39.7 Å². The molecule has 216 valence electrons. The van der Waals surface area contributed by atoms with Crippen molar-refractivity contribution in [2.75, 3.05) is 12.4 Å². The number of hydrogen-bond donors (Lipinski definition) is 2. The zero-order chi connectivity index (χ0) is 30.5. The molecule has 0 aliphatic heterocycles. The number of hydrogen-bond acceptors (Lipinski definition) is 7. The minimum absolute atomic E-state index is 0.243. The number of amides is 2. The van der Waals surface area contributed by atoms with Gasteiger partial charge in [-0.2, -0.15) is 5.10 Å². The molecule has 4 aromatic carbocycles. The summed E-state index contributed by atoms with van der Waals surface area (Å²) in [5.41, 5.74) is 5.30. The van der Waals surface area contributed by atoms with Crippen molar-refractivity contribution >= 4 is 78.6 Å². The fraction of sp³-hybridized carbons (Fsp3) is 0.0625. The van der Waals surface area contributed by atoms with Crippen molar-refractivity contribution in [1.29, 1.82) is 0 Å². The van der Waals surface area contributed by atoms with Crippen LogP contribution in [0.5, 0.6) is 11.5 Å². The lowest BCUT2D eigenvalue weighted by atomic mass is 10.1. The van der Waals surface area contributed by atoms with Crippen LogP contribution < -0.4 is 20.2 Å². The van der Waals surface area contributed by atoms with Gasteiger partial charge in [0, 0.05) is 36.9 Å². The number of benzene rings is 4. The first-order chi connectivity index (χ1) is 20.7. The minimum Gasteiger partial charge on any atom is -0.497 e. The molecule has 0 saturated heterocycles. The van der Waals surface area contributed by atoms with Crippen molar-refractivity contribution in [3.63, 3.8) is 0 Å². The van der Waals surface area contributed by atoms with Gasteiger partial charge in [0.1, 0.15) is 16.4 Å². The van der Waals surface area contributed by atoms with Crippen LogP contribution in [-0.4, -0.2) is 31.1 Å². The van der Waals surface area contributed by atoms with Gasteiger partial charge in [-0.25, -0.2) is 10.2 Å². The third-order valence-electron chi connectivity index (χ3n) is 6.27. The second-order valence-electron chi connectivity index (χ2n) is 9.28. The van der Waals surface area contributed by atoms with Crippen LogP contribution in [-0.2, 0) is 0 Å². The quantitative estimate of drug-likeness (QED) is 0.0753. The Labute approximate surface area is 264 Å². The molecule has 2 amide bonds. The molecule has 0 spiro atoms. The smallest absolute Gasteiger partial charge is 0.355 e. The Kier molecular flexibility index (Phi) is 9.20. The number of rotatable bonds is 8. The molecular weight excluding hydrogens is 654 g/mol. The number of ether oxygens (including phenoxy) is 2. The van der Waals surface area contributed by atoms with Gasteiger partial charge >= 0.3 is 5.97 Å². The SMILES string of the molecule is COc1ccc(C(=O)Nc2ccc(C(=O)N/N=C\c3cc(Br)ccc3OC(=O)c3sc4cc(C)ccc4c3Cl)cc2)cc1. The van der Waals surface area contributed by atoms with E-state index in [-0.39, 0.29) is 11.7 Å². The van der Waals surface area contributed by atoms with Crippen LogP contribution >= 0.6 is 38.9 Å². The predicted molar refractivity (Wildman–Crippen MR) is 173 cm³/mol. The molecule has 0 fully saturated rings.